The predicted molar refractivity (Wildman–Crippen MR) is 78.7 cm³/mol. The molecule has 2 aliphatic rings. The molecule has 2 aliphatic heterocycles. The number of hydrogen-bond donors (Lipinski definition) is 1. The van der Waals surface area contributed by atoms with E-state index in [1.54, 1.807) is 7.05 Å². The van der Waals surface area contributed by atoms with Crippen LogP contribution in [0.15, 0.2) is 30.3 Å². The van der Waals surface area contributed by atoms with E-state index < -0.39 is 23.3 Å². The van der Waals surface area contributed by atoms with Gasteiger partial charge in [-0.25, -0.2) is 0 Å². The Morgan fingerprint density at radius 1 is 1.45 bits per heavy atom. The number of nitrogens with one attached hydrogen (secondary N) is 1. The fraction of sp³-hybridized carbons (Fsp3) is 0.500. The van der Waals surface area contributed by atoms with Crippen LogP contribution in [0.5, 0.6) is 0 Å². The molecule has 0 spiro atoms. The zero-order valence-electron chi connectivity index (χ0n) is 13.0. The molecule has 3 rings (SSSR count). The standard InChI is InChI=1S/C16H20N2O4/c1-15-9-12(21-10-11-7-5-4-6-8-11)16(22-15,13(19)17-2)14(20)18(15)3/h4-8,12H,9-10H2,1-3H3,(H,17,19)/t12-,15-,16-/m0/s1. The van der Waals surface area contributed by atoms with E-state index in [1.165, 1.54) is 11.9 Å². The Morgan fingerprint density at radius 2 is 2.14 bits per heavy atom. The highest BCUT2D eigenvalue weighted by atomic mass is 16.6. The molecule has 1 aromatic carbocycles. The molecule has 0 unspecified atom stereocenters. The summed E-state index contributed by atoms with van der Waals surface area (Å²) in [5.41, 5.74) is -1.39. The Labute approximate surface area is 129 Å². The van der Waals surface area contributed by atoms with Gasteiger partial charge >= 0.3 is 0 Å². The lowest BCUT2D eigenvalue weighted by Crippen LogP contribution is -2.61. The van der Waals surface area contributed by atoms with Gasteiger partial charge in [-0.05, 0) is 12.5 Å². The normalized spacial score (nSPS) is 33.3. The molecule has 118 valence electrons. The lowest BCUT2D eigenvalue weighted by atomic mass is 9.88. The third-order valence-corrected chi connectivity index (χ3v) is 4.59. The van der Waals surface area contributed by atoms with Crippen LogP contribution in [0.25, 0.3) is 0 Å². The van der Waals surface area contributed by atoms with Crippen molar-refractivity contribution < 1.29 is 19.1 Å². The van der Waals surface area contributed by atoms with Crippen LogP contribution in [-0.2, 0) is 25.7 Å². The molecule has 0 radical (unpaired) electrons. The number of fused-ring (bicyclic) bond motifs is 2. The highest BCUT2D eigenvalue weighted by Gasteiger charge is 2.72. The van der Waals surface area contributed by atoms with E-state index in [4.69, 9.17) is 9.47 Å². The van der Waals surface area contributed by atoms with Crippen LogP contribution in [-0.4, -0.2) is 48.2 Å². The number of likely N-dealkylation sites (N-methyl/N-ethyl adjacent to an activating group) is 2. The molecule has 6 heteroatoms. The molecule has 6 nitrogen and oxygen atoms in total. The van der Waals surface area contributed by atoms with Gasteiger partial charge in [0.05, 0.1) is 6.61 Å². The van der Waals surface area contributed by atoms with Gasteiger partial charge in [-0.2, -0.15) is 0 Å². The van der Waals surface area contributed by atoms with Gasteiger partial charge < -0.3 is 19.7 Å². The van der Waals surface area contributed by atoms with Gasteiger partial charge in [-0.15, -0.1) is 0 Å². The van der Waals surface area contributed by atoms with Crippen molar-refractivity contribution in [3.8, 4) is 0 Å². The van der Waals surface area contributed by atoms with Gasteiger partial charge in [0.15, 0.2) is 0 Å². The van der Waals surface area contributed by atoms with E-state index in [0.717, 1.165) is 5.56 Å². The van der Waals surface area contributed by atoms with E-state index in [9.17, 15) is 9.59 Å². The largest absolute Gasteiger partial charge is 0.369 e. The summed E-state index contributed by atoms with van der Waals surface area (Å²) >= 11 is 0. The average molecular weight is 304 g/mol. The van der Waals surface area contributed by atoms with Crippen LogP contribution >= 0.6 is 0 Å². The quantitative estimate of drug-likeness (QED) is 0.830. The van der Waals surface area contributed by atoms with Crippen LogP contribution in [0.1, 0.15) is 18.9 Å². The minimum Gasteiger partial charge on any atom is -0.369 e. The zero-order valence-corrected chi connectivity index (χ0v) is 13.0. The molecular formula is C16H20N2O4. The second-order valence-corrected chi connectivity index (χ2v) is 5.95. The molecule has 1 aromatic rings. The van der Waals surface area contributed by atoms with Crippen molar-refractivity contribution in [2.75, 3.05) is 14.1 Å². The topological polar surface area (TPSA) is 67.9 Å². The smallest absolute Gasteiger partial charge is 0.269 e. The monoisotopic (exact) mass is 304 g/mol. The zero-order chi connectivity index (χ0) is 16.0. The van der Waals surface area contributed by atoms with Crippen LogP contribution in [0.2, 0.25) is 0 Å². The van der Waals surface area contributed by atoms with Crippen LogP contribution in [0.4, 0.5) is 0 Å². The van der Waals surface area contributed by atoms with Gasteiger partial charge in [0.25, 0.3) is 17.4 Å². The van der Waals surface area contributed by atoms with E-state index in [1.807, 2.05) is 37.3 Å². The first-order valence-corrected chi connectivity index (χ1v) is 7.30. The maximum Gasteiger partial charge on any atom is 0.269 e. The minimum atomic E-state index is -1.58. The first kappa shape index (κ1) is 15.0. The second-order valence-electron chi connectivity index (χ2n) is 5.95. The molecule has 3 atom stereocenters. The molecule has 0 aromatic heterocycles. The number of piperidine rings is 1. The number of carbonyl (C=O) groups excluding carboxylic acids is 2. The van der Waals surface area contributed by atoms with Crippen LogP contribution in [0.3, 0.4) is 0 Å². The third kappa shape index (κ3) is 1.94. The van der Waals surface area contributed by atoms with Crippen molar-refractivity contribution in [3.63, 3.8) is 0 Å². The maximum atomic E-state index is 12.6. The Morgan fingerprint density at radius 3 is 2.73 bits per heavy atom. The van der Waals surface area contributed by atoms with Gasteiger partial charge in [0, 0.05) is 20.5 Å². The number of hydrogen-bond acceptors (Lipinski definition) is 4. The summed E-state index contributed by atoms with van der Waals surface area (Å²) < 4.78 is 11.8. The summed E-state index contributed by atoms with van der Waals surface area (Å²) in [5, 5.41) is 2.53. The van der Waals surface area contributed by atoms with Crippen molar-refractivity contribution in [3.05, 3.63) is 35.9 Å². The highest BCUT2D eigenvalue weighted by molar-refractivity contribution is 6.11. The van der Waals surface area contributed by atoms with Gasteiger partial charge in [-0.1, -0.05) is 30.3 Å². The summed E-state index contributed by atoms with van der Waals surface area (Å²) in [6.45, 7) is 2.14. The Bertz CT molecular complexity index is 605. The highest BCUT2D eigenvalue weighted by Crippen LogP contribution is 2.49. The fourth-order valence-corrected chi connectivity index (χ4v) is 3.22. The lowest BCUT2D eigenvalue weighted by molar-refractivity contribution is -0.162. The summed E-state index contributed by atoms with van der Waals surface area (Å²) in [6, 6.07) is 9.65. The SMILES string of the molecule is CNC(=O)[C@@]12O[C@@](C)(C[C@@H]1OCc1ccccc1)N(C)C2=O. The molecule has 0 aliphatic carbocycles. The van der Waals surface area contributed by atoms with E-state index in [2.05, 4.69) is 5.32 Å². The molecular weight excluding hydrogens is 284 g/mol. The number of rotatable bonds is 4. The molecule has 22 heavy (non-hydrogen) atoms. The van der Waals surface area contributed by atoms with Crippen molar-refractivity contribution >= 4 is 11.8 Å². The van der Waals surface area contributed by atoms with Crippen molar-refractivity contribution in [1.29, 1.82) is 0 Å². The van der Waals surface area contributed by atoms with Crippen LogP contribution in [0, 0.1) is 0 Å². The Kier molecular flexibility index (Phi) is 3.45. The summed E-state index contributed by atoms with van der Waals surface area (Å²) in [4.78, 5) is 26.4. The molecule has 1 N–H and O–H groups in total. The fourth-order valence-electron chi connectivity index (χ4n) is 3.22. The molecule has 2 saturated heterocycles. The predicted octanol–water partition coefficient (Wildman–Crippen LogP) is 0.665. The van der Waals surface area contributed by atoms with Crippen LogP contribution < -0.4 is 5.32 Å². The number of benzene rings is 1. The van der Waals surface area contributed by atoms with E-state index in [0.29, 0.717) is 13.0 Å². The summed E-state index contributed by atoms with van der Waals surface area (Å²) in [6.07, 6.45) is -0.128. The second kappa shape index (κ2) is 5.07. The van der Waals surface area contributed by atoms with E-state index in [-0.39, 0.29) is 5.91 Å². The maximum absolute atomic E-state index is 12.6. The number of likely N-dealkylation sites (tertiary alicyclic amines) is 1. The molecule has 0 saturated carbocycles. The molecule has 2 fully saturated rings. The first-order valence-electron chi connectivity index (χ1n) is 7.30. The number of nitrogens with zero attached hydrogens (tertiary/aromatic N) is 1. The average Bonchev–Trinajstić information content (AvgIpc) is 2.95. The number of amides is 2. The molecule has 2 bridgehead atoms. The summed E-state index contributed by atoms with van der Waals surface area (Å²) in [7, 11) is 3.15. The first-order chi connectivity index (χ1) is 10.4. The van der Waals surface area contributed by atoms with Crippen molar-refractivity contribution in [2.45, 2.75) is 37.4 Å². The van der Waals surface area contributed by atoms with E-state index >= 15 is 0 Å². The third-order valence-electron chi connectivity index (χ3n) is 4.59. The number of ether oxygens (including phenoxy) is 2. The summed E-state index contributed by atoms with van der Waals surface area (Å²) in [5.74, 6) is -0.803. The Hall–Kier alpha value is -1.92. The lowest BCUT2D eigenvalue weighted by Gasteiger charge is -2.34. The Balaban J connectivity index is 1.85. The molecule has 2 amide bonds. The minimum absolute atomic E-state index is 0.334. The number of carbonyl (C=O) groups is 2. The van der Waals surface area contributed by atoms with Gasteiger partial charge in [0.2, 0.25) is 0 Å². The van der Waals surface area contributed by atoms with Gasteiger partial charge in [0.1, 0.15) is 11.8 Å². The molecule has 2 heterocycles. The van der Waals surface area contributed by atoms with Crippen molar-refractivity contribution in [1.82, 2.24) is 10.2 Å². The van der Waals surface area contributed by atoms with Crippen molar-refractivity contribution in [2.24, 2.45) is 0 Å². The van der Waals surface area contributed by atoms with Gasteiger partial charge in [-0.3, -0.25) is 9.59 Å².